The first-order valence-corrected chi connectivity index (χ1v) is 6.75. The van der Waals surface area contributed by atoms with Gasteiger partial charge in [-0.1, -0.05) is 26.7 Å². The molecule has 0 radical (unpaired) electrons. The van der Waals surface area contributed by atoms with Crippen LogP contribution in [0.1, 0.15) is 38.4 Å². The Kier molecular flexibility index (Phi) is 5.23. The maximum absolute atomic E-state index is 6.20. The third kappa shape index (κ3) is 3.26. The van der Waals surface area contributed by atoms with Crippen LogP contribution in [0.5, 0.6) is 0 Å². The fourth-order valence-corrected chi connectivity index (χ4v) is 2.94. The number of halogens is 2. The standard InChI is InChI=1S/C11H16Br2N2/c1-3-7(4-2)10(14)11-9(13)5-8(12)6-15-11/h5-7,10H,3-4,14H2,1-2H3. The van der Waals surface area contributed by atoms with Crippen molar-refractivity contribution < 1.29 is 0 Å². The summed E-state index contributed by atoms with van der Waals surface area (Å²) in [7, 11) is 0. The molecule has 0 aliphatic carbocycles. The minimum atomic E-state index is 0.0162. The van der Waals surface area contributed by atoms with Crippen molar-refractivity contribution in [1.29, 1.82) is 0 Å². The Morgan fingerprint density at radius 1 is 1.33 bits per heavy atom. The molecular formula is C11H16Br2N2. The summed E-state index contributed by atoms with van der Waals surface area (Å²) in [4.78, 5) is 4.38. The Labute approximate surface area is 108 Å². The summed E-state index contributed by atoms with van der Waals surface area (Å²) < 4.78 is 1.95. The summed E-state index contributed by atoms with van der Waals surface area (Å²) in [5.74, 6) is 0.495. The van der Waals surface area contributed by atoms with E-state index in [0.29, 0.717) is 5.92 Å². The zero-order valence-corrected chi connectivity index (χ0v) is 12.2. The van der Waals surface area contributed by atoms with Crippen molar-refractivity contribution >= 4 is 31.9 Å². The van der Waals surface area contributed by atoms with E-state index in [4.69, 9.17) is 5.73 Å². The lowest BCUT2D eigenvalue weighted by Gasteiger charge is -2.21. The highest BCUT2D eigenvalue weighted by atomic mass is 79.9. The summed E-state index contributed by atoms with van der Waals surface area (Å²) in [6, 6.07) is 2.01. The third-order valence-corrected chi connectivity index (χ3v) is 3.78. The van der Waals surface area contributed by atoms with Gasteiger partial charge in [0.05, 0.1) is 11.7 Å². The van der Waals surface area contributed by atoms with Crippen LogP contribution < -0.4 is 5.73 Å². The number of rotatable bonds is 4. The van der Waals surface area contributed by atoms with Gasteiger partial charge in [0.25, 0.3) is 0 Å². The van der Waals surface area contributed by atoms with Crippen molar-refractivity contribution in [1.82, 2.24) is 4.98 Å². The van der Waals surface area contributed by atoms with E-state index in [-0.39, 0.29) is 6.04 Å². The second kappa shape index (κ2) is 5.97. The maximum Gasteiger partial charge on any atom is 0.0716 e. The van der Waals surface area contributed by atoms with Crippen LogP contribution in [-0.2, 0) is 0 Å². The van der Waals surface area contributed by atoms with E-state index in [1.807, 2.05) is 6.07 Å². The van der Waals surface area contributed by atoms with Gasteiger partial charge in [0.15, 0.2) is 0 Å². The van der Waals surface area contributed by atoms with Crippen LogP contribution in [0.3, 0.4) is 0 Å². The van der Waals surface area contributed by atoms with E-state index in [0.717, 1.165) is 27.5 Å². The monoisotopic (exact) mass is 334 g/mol. The molecular weight excluding hydrogens is 320 g/mol. The predicted molar refractivity (Wildman–Crippen MR) is 70.6 cm³/mol. The SMILES string of the molecule is CCC(CC)C(N)c1ncc(Br)cc1Br. The molecule has 2 N–H and O–H groups in total. The minimum absolute atomic E-state index is 0.0162. The molecule has 1 rings (SSSR count). The number of hydrogen-bond donors (Lipinski definition) is 1. The van der Waals surface area contributed by atoms with E-state index < -0.39 is 0 Å². The molecule has 1 aromatic rings. The van der Waals surface area contributed by atoms with Crippen LogP contribution in [0.15, 0.2) is 21.2 Å². The topological polar surface area (TPSA) is 38.9 Å². The van der Waals surface area contributed by atoms with Crippen molar-refractivity contribution in [3.8, 4) is 0 Å². The number of hydrogen-bond acceptors (Lipinski definition) is 2. The molecule has 0 aliphatic heterocycles. The first-order chi connectivity index (χ1) is 7.10. The van der Waals surface area contributed by atoms with E-state index >= 15 is 0 Å². The second-order valence-electron chi connectivity index (χ2n) is 3.62. The Bertz CT molecular complexity index is 324. The number of nitrogens with two attached hydrogens (primary N) is 1. The first kappa shape index (κ1) is 13.1. The van der Waals surface area contributed by atoms with Crippen molar-refractivity contribution in [2.45, 2.75) is 32.7 Å². The second-order valence-corrected chi connectivity index (χ2v) is 5.39. The highest BCUT2D eigenvalue weighted by Crippen LogP contribution is 2.30. The molecule has 0 spiro atoms. The minimum Gasteiger partial charge on any atom is -0.322 e. The van der Waals surface area contributed by atoms with Gasteiger partial charge in [-0.3, -0.25) is 4.98 Å². The molecule has 0 saturated carbocycles. The summed E-state index contributed by atoms with van der Waals surface area (Å²) in [5, 5.41) is 0. The normalized spacial score (nSPS) is 13.2. The molecule has 0 aromatic carbocycles. The van der Waals surface area contributed by atoms with Gasteiger partial charge in [-0.05, 0) is 43.8 Å². The van der Waals surface area contributed by atoms with Gasteiger partial charge in [0.2, 0.25) is 0 Å². The van der Waals surface area contributed by atoms with Gasteiger partial charge in [0.1, 0.15) is 0 Å². The van der Waals surface area contributed by atoms with Crippen LogP contribution in [-0.4, -0.2) is 4.98 Å². The van der Waals surface area contributed by atoms with Gasteiger partial charge < -0.3 is 5.73 Å². The van der Waals surface area contributed by atoms with Crippen LogP contribution in [0, 0.1) is 5.92 Å². The average Bonchev–Trinajstić information content (AvgIpc) is 2.19. The summed E-state index contributed by atoms with van der Waals surface area (Å²) in [6.45, 7) is 4.33. The molecule has 0 amide bonds. The van der Waals surface area contributed by atoms with Crippen molar-refractivity contribution in [3.63, 3.8) is 0 Å². The molecule has 1 heterocycles. The molecule has 1 atom stereocenters. The highest BCUT2D eigenvalue weighted by Gasteiger charge is 2.19. The summed E-state index contributed by atoms with van der Waals surface area (Å²) in [6.07, 6.45) is 3.96. The highest BCUT2D eigenvalue weighted by molar-refractivity contribution is 9.11. The van der Waals surface area contributed by atoms with Gasteiger partial charge in [-0.15, -0.1) is 0 Å². The molecule has 2 nitrogen and oxygen atoms in total. The molecule has 84 valence electrons. The molecule has 15 heavy (non-hydrogen) atoms. The lowest BCUT2D eigenvalue weighted by atomic mass is 9.92. The Morgan fingerprint density at radius 2 is 1.93 bits per heavy atom. The summed E-state index contributed by atoms with van der Waals surface area (Å²) in [5.41, 5.74) is 7.15. The fraction of sp³-hybridized carbons (Fsp3) is 0.545. The molecule has 0 fully saturated rings. The Balaban J connectivity index is 2.94. The van der Waals surface area contributed by atoms with E-state index in [9.17, 15) is 0 Å². The van der Waals surface area contributed by atoms with Gasteiger partial charge in [-0.25, -0.2) is 0 Å². The Hall–Kier alpha value is 0.0700. The molecule has 0 saturated heterocycles. The Morgan fingerprint density at radius 3 is 2.40 bits per heavy atom. The number of nitrogens with zero attached hydrogens (tertiary/aromatic N) is 1. The van der Waals surface area contributed by atoms with Gasteiger partial charge in [-0.2, -0.15) is 0 Å². The quantitative estimate of drug-likeness (QED) is 0.901. The van der Waals surface area contributed by atoms with E-state index in [1.54, 1.807) is 6.20 Å². The van der Waals surface area contributed by atoms with Crippen LogP contribution in [0.2, 0.25) is 0 Å². The zero-order chi connectivity index (χ0) is 11.4. The lowest BCUT2D eigenvalue weighted by Crippen LogP contribution is -2.22. The van der Waals surface area contributed by atoms with Gasteiger partial charge >= 0.3 is 0 Å². The lowest BCUT2D eigenvalue weighted by molar-refractivity contribution is 0.398. The fourth-order valence-electron chi connectivity index (χ4n) is 1.69. The molecule has 4 heteroatoms. The molecule has 0 aliphatic rings. The van der Waals surface area contributed by atoms with Gasteiger partial charge in [0, 0.05) is 15.1 Å². The van der Waals surface area contributed by atoms with Crippen molar-refractivity contribution in [2.24, 2.45) is 11.7 Å². The van der Waals surface area contributed by atoms with Crippen molar-refractivity contribution in [3.05, 3.63) is 26.9 Å². The van der Waals surface area contributed by atoms with Crippen LogP contribution in [0.4, 0.5) is 0 Å². The molecule has 1 unspecified atom stereocenters. The number of aromatic nitrogens is 1. The molecule has 1 aromatic heterocycles. The summed E-state index contributed by atoms with van der Waals surface area (Å²) >= 11 is 6.89. The third-order valence-electron chi connectivity index (χ3n) is 2.71. The smallest absolute Gasteiger partial charge is 0.0716 e. The van der Waals surface area contributed by atoms with Crippen LogP contribution >= 0.6 is 31.9 Å². The van der Waals surface area contributed by atoms with E-state index in [2.05, 4.69) is 50.7 Å². The largest absolute Gasteiger partial charge is 0.322 e. The van der Waals surface area contributed by atoms with E-state index in [1.165, 1.54) is 0 Å². The number of pyridine rings is 1. The molecule has 0 bridgehead atoms. The zero-order valence-electron chi connectivity index (χ0n) is 9.00. The predicted octanol–water partition coefficient (Wildman–Crippen LogP) is 4.04. The van der Waals surface area contributed by atoms with Crippen molar-refractivity contribution in [2.75, 3.05) is 0 Å². The first-order valence-electron chi connectivity index (χ1n) is 5.16. The maximum atomic E-state index is 6.20. The average molecular weight is 336 g/mol. The van der Waals surface area contributed by atoms with Crippen LogP contribution in [0.25, 0.3) is 0 Å².